The lowest BCUT2D eigenvalue weighted by Crippen LogP contribution is -2.52. The highest BCUT2D eigenvalue weighted by Gasteiger charge is 2.41. The first-order valence-corrected chi connectivity index (χ1v) is 13.5. The number of rotatable bonds is 6. The predicted molar refractivity (Wildman–Crippen MR) is 124 cm³/mol. The summed E-state index contributed by atoms with van der Waals surface area (Å²) >= 11 is 0. The third-order valence-electron chi connectivity index (χ3n) is 7.12. The zero-order valence-corrected chi connectivity index (χ0v) is 19.9. The van der Waals surface area contributed by atoms with Crippen molar-refractivity contribution >= 4 is 15.8 Å². The zero-order chi connectivity index (χ0) is 23.1. The van der Waals surface area contributed by atoms with Crippen LogP contribution >= 0.6 is 0 Å². The molecule has 1 saturated carbocycles. The Morgan fingerprint density at radius 2 is 1.85 bits per heavy atom. The molecule has 10 nitrogen and oxygen atoms in total. The normalized spacial score (nSPS) is 26.4. The summed E-state index contributed by atoms with van der Waals surface area (Å²) in [6.07, 6.45) is 6.67. The van der Waals surface area contributed by atoms with Crippen molar-refractivity contribution in [3.63, 3.8) is 0 Å². The van der Waals surface area contributed by atoms with Gasteiger partial charge in [0.15, 0.2) is 5.03 Å². The molecule has 2 atom stereocenters. The van der Waals surface area contributed by atoms with Crippen molar-refractivity contribution in [2.24, 2.45) is 0 Å². The molecule has 3 aliphatic heterocycles. The fourth-order valence-electron chi connectivity index (χ4n) is 5.07. The third kappa shape index (κ3) is 4.49. The van der Waals surface area contributed by atoms with Crippen LogP contribution in [0.25, 0.3) is 0 Å². The number of morpholine rings is 1. The summed E-state index contributed by atoms with van der Waals surface area (Å²) in [5.74, 6) is 1.80. The molecule has 4 aliphatic rings. The molecule has 2 aromatic rings. The van der Waals surface area contributed by atoms with Crippen molar-refractivity contribution in [3.8, 4) is 5.88 Å². The van der Waals surface area contributed by atoms with Gasteiger partial charge in [0.2, 0.25) is 5.88 Å². The van der Waals surface area contributed by atoms with Crippen LogP contribution < -0.4 is 9.64 Å². The van der Waals surface area contributed by atoms with Gasteiger partial charge in [-0.25, -0.2) is 18.4 Å². The molecule has 5 heterocycles. The quantitative estimate of drug-likeness (QED) is 0.594. The van der Waals surface area contributed by atoms with Gasteiger partial charge in [-0.15, -0.1) is 0 Å². The Bertz CT molecular complexity index is 1120. The van der Waals surface area contributed by atoms with Crippen LogP contribution in [0.5, 0.6) is 5.88 Å². The maximum absolute atomic E-state index is 13.4. The minimum absolute atomic E-state index is 0.0171. The molecule has 2 aromatic heterocycles. The number of ether oxygens (including phenoxy) is 2. The summed E-state index contributed by atoms with van der Waals surface area (Å²) in [5.41, 5.74) is 1.04. The van der Waals surface area contributed by atoms with Crippen LogP contribution in [0.3, 0.4) is 0 Å². The predicted octanol–water partition coefficient (Wildman–Crippen LogP) is 1.11. The van der Waals surface area contributed by atoms with E-state index in [9.17, 15) is 8.42 Å². The van der Waals surface area contributed by atoms with E-state index < -0.39 is 10.0 Å². The van der Waals surface area contributed by atoms with E-state index in [1.54, 1.807) is 22.6 Å². The lowest BCUT2D eigenvalue weighted by Gasteiger charge is -2.36. The first-order valence-electron chi connectivity index (χ1n) is 12.1. The van der Waals surface area contributed by atoms with Gasteiger partial charge >= 0.3 is 0 Å². The zero-order valence-electron chi connectivity index (χ0n) is 19.1. The van der Waals surface area contributed by atoms with Gasteiger partial charge in [-0.3, -0.25) is 9.88 Å². The van der Waals surface area contributed by atoms with Crippen LogP contribution in [0.2, 0.25) is 0 Å². The molecule has 34 heavy (non-hydrogen) atoms. The Morgan fingerprint density at radius 1 is 1.00 bits per heavy atom. The van der Waals surface area contributed by atoms with Crippen LogP contribution in [0.4, 0.5) is 5.82 Å². The molecule has 0 bridgehead atoms. The Morgan fingerprint density at radius 3 is 2.62 bits per heavy atom. The van der Waals surface area contributed by atoms with Crippen molar-refractivity contribution in [2.75, 3.05) is 57.4 Å². The molecular formula is C23H30N6O4S. The SMILES string of the molecule is O=S(=O)(c1cccc(N2CCOCC2)n1)N1CCN2C[C@H](Oc3cnc(C4CC4)cn3)C[C@H]2C1. The van der Waals surface area contributed by atoms with Gasteiger partial charge in [0.1, 0.15) is 11.9 Å². The Balaban J connectivity index is 1.10. The summed E-state index contributed by atoms with van der Waals surface area (Å²) in [6, 6.07) is 5.35. The fraction of sp³-hybridized carbons (Fsp3) is 0.609. The second-order valence-electron chi connectivity index (χ2n) is 9.47. The maximum Gasteiger partial charge on any atom is 0.260 e. The molecule has 0 amide bonds. The van der Waals surface area contributed by atoms with Gasteiger partial charge in [-0.2, -0.15) is 4.31 Å². The second kappa shape index (κ2) is 9.03. The van der Waals surface area contributed by atoms with Crippen LogP contribution in [0.15, 0.2) is 35.6 Å². The van der Waals surface area contributed by atoms with Crippen molar-refractivity contribution in [3.05, 3.63) is 36.3 Å². The first-order chi connectivity index (χ1) is 16.6. The first kappa shape index (κ1) is 22.1. The maximum atomic E-state index is 13.4. The molecule has 6 rings (SSSR count). The summed E-state index contributed by atoms with van der Waals surface area (Å²) in [7, 11) is -3.67. The molecule has 1 aliphatic carbocycles. The Labute approximate surface area is 200 Å². The number of nitrogens with zero attached hydrogens (tertiary/aromatic N) is 6. The van der Waals surface area contributed by atoms with Crippen LogP contribution in [-0.4, -0.2) is 97.2 Å². The monoisotopic (exact) mass is 486 g/mol. The van der Waals surface area contributed by atoms with Gasteiger partial charge < -0.3 is 14.4 Å². The van der Waals surface area contributed by atoms with E-state index in [0.29, 0.717) is 63.6 Å². The largest absolute Gasteiger partial charge is 0.472 e. The van der Waals surface area contributed by atoms with E-state index in [0.717, 1.165) is 18.7 Å². The van der Waals surface area contributed by atoms with E-state index >= 15 is 0 Å². The number of sulfonamides is 1. The van der Waals surface area contributed by atoms with Gasteiger partial charge in [0.05, 0.1) is 31.3 Å². The van der Waals surface area contributed by atoms with E-state index in [-0.39, 0.29) is 17.2 Å². The van der Waals surface area contributed by atoms with E-state index in [4.69, 9.17) is 9.47 Å². The van der Waals surface area contributed by atoms with Gasteiger partial charge in [-0.1, -0.05) is 6.07 Å². The number of hydrogen-bond acceptors (Lipinski definition) is 9. The van der Waals surface area contributed by atoms with Gasteiger partial charge in [0.25, 0.3) is 10.0 Å². The average Bonchev–Trinajstić information content (AvgIpc) is 3.64. The number of pyridine rings is 1. The molecular weight excluding hydrogens is 456 g/mol. The van der Waals surface area contributed by atoms with Crippen molar-refractivity contribution < 1.29 is 17.9 Å². The summed E-state index contributed by atoms with van der Waals surface area (Å²) in [5, 5.41) is 0.113. The fourth-order valence-corrected chi connectivity index (χ4v) is 6.48. The van der Waals surface area contributed by atoms with Gasteiger partial charge in [0, 0.05) is 57.6 Å². The topological polar surface area (TPSA) is 101 Å². The summed E-state index contributed by atoms with van der Waals surface area (Å²) in [4.78, 5) is 17.8. The summed E-state index contributed by atoms with van der Waals surface area (Å²) < 4.78 is 39.9. The number of piperazine rings is 1. The minimum Gasteiger partial charge on any atom is -0.472 e. The van der Waals surface area contributed by atoms with Crippen LogP contribution in [0, 0.1) is 0 Å². The molecule has 3 saturated heterocycles. The molecule has 0 unspecified atom stereocenters. The smallest absolute Gasteiger partial charge is 0.260 e. The Hall–Kier alpha value is -2.34. The van der Waals surface area contributed by atoms with E-state index in [1.807, 2.05) is 12.3 Å². The molecule has 11 heteroatoms. The number of anilines is 1. The summed E-state index contributed by atoms with van der Waals surface area (Å²) in [6.45, 7) is 5.03. The average molecular weight is 487 g/mol. The van der Waals surface area contributed by atoms with Gasteiger partial charge in [-0.05, 0) is 25.0 Å². The lowest BCUT2D eigenvalue weighted by molar-refractivity contribution is 0.122. The number of hydrogen-bond donors (Lipinski definition) is 0. The van der Waals surface area contributed by atoms with Crippen molar-refractivity contribution in [2.45, 2.75) is 42.4 Å². The van der Waals surface area contributed by atoms with Crippen molar-refractivity contribution in [1.29, 1.82) is 0 Å². The lowest BCUT2D eigenvalue weighted by atomic mass is 10.2. The number of fused-ring (bicyclic) bond motifs is 1. The highest BCUT2D eigenvalue weighted by atomic mass is 32.2. The highest BCUT2D eigenvalue weighted by Crippen LogP contribution is 2.38. The third-order valence-corrected chi connectivity index (χ3v) is 8.89. The Kier molecular flexibility index (Phi) is 5.88. The standard InChI is InChI=1S/C23H30N6O4S/c30-34(31,23-3-1-2-21(26-23)27-8-10-32-11-9-27)29-7-6-28-16-19(12-18(28)15-29)33-22-14-24-20(13-25-22)17-4-5-17/h1-3,13-14,17-19H,4-12,15-16H2/t18-,19+/m0/s1. The molecule has 0 spiro atoms. The van der Waals surface area contributed by atoms with Crippen LogP contribution in [0.1, 0.15) is 30.9 Å². The second-order valence-corrected chi connectivity index (χ2v) is 11.4. The molecule has 4 fully saturated rings. The highest BCUT2D eigenvalue weighted by molar-refractivity contribution is 7.89. The minimum atomic E-state index is -3.67. The van der Waals surface area contributed by atoms with Crippen LogP contribution in [-0.2, 0) is 14.8 Å². The molecule has 0 radical (unpaired) electrons. The molecule has 0 N–H and O–H groups in total. The molecule has 182 valence electrons. The van der Waals surface area contributed by atoms with E-state index in [1.165, 1.54) is 12.8 Å². The molecule has 0 aromatic carbocycles. The van der Waals surface area contributed by atoms with Crippen molar-refractivity contribution in [1.82, 2.24) is 24.2 Å². The number of aromatic nitrogens is 3. The van der Waals surface area contributed by atoms with E-state index in [2.05, 4.69) is 24.8 Å².